The van der Waals surface area contributed by atoms with Gasteiger partial charge in [-0.1, -0.05) is 113 Å². The summed E-state index contributed by atoms with van der Waals surface area (Å²) in [6.45, 7) is 9.31. The van der Waals surface area contributed by atoms with Crippen LogP contribution < -0.4 is 15.5 Å². The van der Waals surface area contributed by atoms with Gasteiger partial charge in [-0.15, -0.1) is 0 Å². The standard InChI is InChI=1S/C56H66FN5O6/c1-5-55(67,6-2)49(41-17-11-9-12-18-41)53(65)61-35-15-21-47(61)51(63)58-44-29-23-39(24-30-44)37-60(46-33-27-43(57)28-34-46)38-40-25-31-45(32-26-40)59-52(64)48-22-16-36-62(48)54(66)50(56(68,7-3)8-4)42-19-13-10-14-20-42/h9-14,17-20,23-34,47-50,67-68H,5-8,15-16,21-22,35-38H2,1-4H3,(H,58,63)(H,59,64). The van der Waals surface area contributed by atoms with Gasteiger partial charge in [-0.2, -0.15) is 0 Å². The minimum absolute atomic E-state index is 0.244. The summed E-state index contributed by atoms with van der Waals surface area (Å²) < 4.78 is 14.1. The number of rotatable bonds is 19. The van der Waals surface area contributed by atoms with Crippen LogP contribution in [0.4, 0.5) is 21.5 Å². The third kappa shape index (κ3) is 11.1. The van der Waals surface area contributed by atoms with Crippen LogP contribution in [-0.2, 0) is 32.3 Å². The van der Waals surface area contributed by atoms with Crippen molar-refractivity contribution in [2.75, 3.05) is 28.6 Å². The first-order valence-corrected chi connectivity index (χ1v) is 24.3. The van der Waals surface area contributed by atoms with E-state index in [1.807, 2.05) is 137 Å². The van der Waals surface area contributed by atoms with E-state index in [4.69, 9.17) is 0 Å². The lowest BCUT2D eigenvalue weighted by atomic mass is 9.77. The summed E-state index contributed by atoms with van der Waals surface area (Å²) in [5, 5.41) is 29.4. The van der Waals surface area contributed by atoms with E-state index in [0.717, 1.165) is 27.9 Å². The Morgan fingerprint density at radius 1 is 0.574 bits per heavy atom. The van der Waals surface area contributed by atoms with Crippen molar-refractivity contribution in [3.05, 3.63) is 162 Å². The number of hydrogen-bond acceptors (Lipinski definition) is 7. The average Bonchev–Trinajstić information content (AvgIpc) is 4.08. The Morgan fingerprint density at radius 3 is 1.29 bits per heavy atom. The van der Waals surface area contributed by atoms with Gasteiger partial charge in [0.25, 0.3) is 0 Å². The van der Waals surface area contributed by atoms with E-state index in [0.29, 0.717) is 88.9 Å². The zero-order chi connectivity index (χ0) is 48.4. The molecule has 2 fully saturated rings. The van der Waals surface area contributed by atoms with Gasteiger partial charge in [0, 0.05) is 43.2 Å². The van der Waals surface area contributed by atoms with Crippen LogP contribution in [0.5, 0.6) is 0 Å². The second-order valence-electron chi connectivity index (χ2n) is 18.4. The van der Waals surface area contributed by atoms with E-state index in [-0.39, 0.29) is 29.4 Å². The molecule has 0 aliphatic carbocycles. The zero-order valence-electron chi connectivity index (χ0n) is 39.7. The highest BCUT2D eigenvalue weighted by Gasteiger charge is 2.47. The van der Waals surface area contributed by atoms with Crippen molar-refractivity contribution >= 4 is 40.7 Å². The molecule has 0 spiro atoms. The number of aliphatic hydroxyl groups is 2. The molecule has 2 aliphatic rings. The average molecular weight is 924 g/mol. The molecule has 4 atom stereocenters. The summed E-state index contributed by atoms with van der Waals surface area (Å²) in [6, 6.07) is 38.7. The molecule has 4 N–H and O–H groups in total. The van der Waals surface area contributed by atoms with Crippen molar-refractivity contribution < 1.29 is 33.8 Å². The number of likely N-dealkylation sites (tertiary alicyclic amines) is 2. The van der Waals surface area contributed by atoms with Crippen LogP contribution in [0.2, 0.25) is 0 Å². The molecule has 4 amide bonds. The van der Waals surface area contributed by atoms with Crippen molar-refractivity contribution in [3.8, 4) is 0 Å². The van der Waals surface area contributed by atoms with Gasteiger partial charge < -0.3 is 35.5 Å². The smallest absolute Gasteiger partial charge is 0.247 e. The number of carbonyl (C=O) groups is 4. The highest BCUT2D eigenvalue weighted by Crippen LogP contribution is 2.39. The van der Waals surface area contributed by atoms with Gasteiger partial charge in [-0.25, -0.2) is 4.39 Å². The van der Waals surface area contributed by atoms with Gasteiger partial charge in [-0.05, 0) is 122 Å². The summed E-state index contributed by atoms with van der Waals surface area (Å²) in [5.41, 5.74) is 2.82. The molecule has 5 aromatic rings. The highest BCUT2D eigenvalue weighted by molar-refractivity contribution is 5.99. The van der Waals surface area contributed by atoms with Crippen molar-refractivity contribution in [2.45, 2.75) is 127 Å². The van der Waals surface area contributed by atoms with E-state index in [1.54, 1.807) is 21.9 Å². The maximum absolute atomic E-state index is 14.3. The fourth-order valence-electron chi connectivity index (χ4n) is 10.1. The Hall–Kier alpha value is -6.37. The summed E-state index contributed by atoms with van der Waals surface area (Å²) in [5.74, 6) is -2.98. The van der Waals surface area contributed by atoms with Crippen LogP contribution in [0.25, 0.3) is 0 Å². The Labute approximate surface area is 400 Å². The molecule has 2 saturated heterocycles. The summed E-state index contributed by atoms with van der Waals surface area (Å²) in [4.78, 5) is 61.5. The maximum Gasteiger partial charge on any atom is 0.247 e. The highest BCUT2D eigenvalue weighted by atomic mass is 19.1. The first-order valence-electron chi connectivity index (χ1n) is 24.3. The molecule has 12 heteroatoms. The number of nitrogens with zero attached hydrogens (tertiary/aromatic N) is 3. The van der Waals surface area contributed by atoms with E-state index in [1.165, 1.54) is 12.1 Å². The van der Waals surface area contributed by atoms with Gasteiger partial charge in [0.2, 0.25) is 23.6 Å². The molecule has 11 nitrogen and oxygen atoms in total. The summed E-state index contributed by atoms with van der Waals surface area (Å²) in [7, 11) is 0. The molecule has 0 saturated carbocycles. The van der Waals surface area contributed by atoms with E-state index < -0.39 is 35.1 Å². The van der Waals surface area contributed by atoms with Crippen molar-refractivity contribution in [1.29, 1.82) is 0 Å². The SMILES string of the molecule is CCC(O)(CC)C(C(=O)N1CCCC1C(=O)Nc1ccc(CN(Cc2ccc(NC(=O)C3CCCN3C(=O)C(c3ccccc3)C(O)(CC)CC)cc2)c2ccc(F)cc2)cc1)c1ccccc1. The first kappa shape index (κ1) is 49.5. The van der Waals surface area contributed by atoms with Crippen LogP contribution in [0, 0.1) is 5.82 Å². The van der Waals surface area contributed by atoms with Gasteiger partial charge in [0.15, 0.2) is 0 Å². The summed E-state index contributed by atoms with van der Waals surface area (Å²) >= 11 is 0. The van der Waals surface area contributed by atoms with E-state index in [2.05, 4.69) is 15.5 Å². The molecule has 0 radical (unpaired) electrons. The van der Waals surface area contributed by atoms with Crippen LogP contribution in [-0.4, -0.2) is 80.0 Å². The molecule has 2 aliphatic heterocycles. The molecular weight excluding hydrogens is 858 g/mol. The molecule has 4 unspecified atom stereocenters. The zero-order valence-corrected chi connectivity index (χ0v) is 39.7. The topological polar surface area (TPSA) is 143 Å². The Balaban J connectivity index is 1.00. The number of benzene rings is 5. The molecule has 358 valence electrons. The third-order valence-corrected chi connectivity index (χ3v) is 14.3. The number of halogens is 1. The van der Waals surface area contributed by atoms with Gasteiger partial charge in [0.05, 0.1) is 23.0 Å². The fraction of sp³-hybridized carbons (Fsp3) is 0.393. The van der Waals surface area contributed by atoms with Crippen molar-refractivity contribution in [1.82, 2.24) is 9.80 Å². The molecule has 68 heavy (non-hydrogen) atoms. The monoisotopic (exact) mass is 923 g/mol. The number of hydrogen-bond donors (Lipinski definition) is 4. The van der Waals surface area contributed by atoms with Crippen LogP contribution in [0.1, 0.15) is 113 Å². The minimum atomic E-state index is -1.25. The van der Waals surface area contributed by atoms with Crippen molar-refractivity contribution in [3.63, 3.8) is 0 Å². The predicted octanol–water partition coefficient (Wildman–Crippen LogP) is 9.56. The fourth-order valence-corrected chi connectivity index (χ4v) is 10.1. The second kappa shape index (κ2) is 22.2. The molecule has 2 heterocycles. The van der Waals surface area contributed by atoms with Gasteiger partial charge in [-0.3, -0.25) is 19.2 Å². The number of amides is 4. The van der Waals surface area contributed by atoms with Crippen LogP contribution in [0.15, 0.2) is 133 Å². The molecule has 5 aromatic carbocycles. The van der Waals surface area contributed by atoms with Crippen LogP contribution in [0.3, 0.4) is 0 Å². The lowest BCUT2D eigenvalue weighted by molar-refractivity contribution is -0.144. The quantitative estimate of drug-likeness (QED) is 0.0647. The van der Waals surface area contributed by atoms with Crippen LogP contribution >= 0.6 is 0 Å². The Kier molecular flexibility index (Phi) is 16.1. The molecule has 0 aromatic heterocycles. The molecular formula is C56H66FN5O6. The number of anilines is 3. The van der Waals surface area contributed by atoms with E-state index in [9.17, 15) is 33.8 Å². The van der Waals surface area contributed by atoms with Crippen molar-refractivity contribution in [2.24, 2.45) is 0 Å². The largest absolute Gasteiger partial charge is 0.389 e. The number of nitrogens with one attached hydrogen (secondary N) is 2. The normalized spacial score (nSPS) is 17.1. The predicted molar refractivity (Wildman–Crippen MR) is 265 cm³/mol. The van der Waals surface area contributed by atoms with Gasteiger partial charge in [0.1, 0.15) is 17.9 Å². The maximum atomic E-state index is 14.3. The summed E-state index contributed by atoms with van der Waals surface area (Å²) in [6.07, 6.45) is 3.98. The lowest BCUT2D eigenvalue weighted by Crippen LogP contribution is -2.50. The molecule has 0 bridgehead atoms. The minimum Gasteiger partial charge on any atom is -0.389 e. The third-order valence-electron chi connectivity index (χ3n) is 14.3. The second-order valence-corrected chi connectivity index (χ2v) is 18.4. The first-order chi connectivity index (χ1) is 32.8. The van der Waals surface area contributed by atoms with E-state index >= 15 is 0 Å². The Morgan fingerprint density at radius 2 is 0.941 bits per heavy atom. The number of carbonyl (C=O) groups excluding carboxylic acids is 4. The lowest BCUT2D eigenvalue weighted by Gasteiger charge is -2.37. The van der Waals surface area contributed by atoms with Gasteiger partial charge >= 0.3 is 0 Å². The Bertz CT molecular complexity index is 2310. The molecule has 7 rings (SSSR count).